The maximum Gasteiger partial charge on any atom is 0.405 e. The summed E-state index contributed by atoms with van der Waals surface area (Å²) >= 11 is 0. The first-order valence-electron chi connectivity index (χ1n) is 4.30. The number of hydrogen-bond acceptors (Lipinski definition) is 2. The predicted molar refractivity (Wildman–Crippen MR) is 50.6 cm³/mol. The Hall–Kier alpha value is -1.72. The van der Waals surface area contributed by atoms with Gasteiger partial charge in [0.2, 0.25) is 5.95 Å². The van der Waals surface area contributed by atoms with Gasteiger partial charge in [-0.1, -0.05) is 12.1 Å². The van der Waals surface area contributed by atoms with Gasteiger partial charge in [-0.25, -0.2) is 4.98 Å². The summed E-state index contributed by atoms with van der Waals surface area (Å²) in [5, 5.41) is 2.18. The number of benzene rings is 1. The molecular formula is C9H8F3N3. The Kier molecular flexibility index (Phi) is 2.26. The van der Waals surface area contributed by atoms with E-state index in [0.29, 0.717) is 11.0 Å². The van der Waals surface area contributed by atoms with Crippen molar-refractivity contribution in [1.29, 1.82) is 0 Å². The van der Waals surface area contributed by atoms with Gasteiger partial charge >= 0.3 is 6.18 Å². The minimum atomic E-state index is -4.24. The van der Waals surface area contributed by atoms with Crippen molar-refractivity contribution in [1.82, 2.24) is 9.97 Å². The molecule has 0 amide bonds. The van der Waals surface area contributed by atoms with E-state index < -0.39 is 12.7 Å². The molecule has 0 aliphatic rings. The molecule has 0 saturated carbocycles. The Morgan fingerprint density at radius 2 is 2.00 bits per heavy atom. The normalized spacial score (nSPS) is 11.9. The summed E-state index contributed by atoms with van der Waals surface area (Å²) in [7, 11) is 0. The van der Waals surface area contributed by atoms with Gasteiger partial charge in [-0.2, -0.15) is 13.2 Å². The number of alkyl halides is 3. The Labute approximate surface area is 83.3 Å². The van der Waals surface area contributed by atoms with Crippen LogP contribution in [0.1, 0.15) is 0 Å². The van der Waals surface area contributed by atoms with Gasteiger partial charge in [0.25, 0.3) is 0 Å². The van der Waals surface area contributed by atoms with Crippen molar-refractivity contribution in [3.05, 3.63) is 24.3 Å². The van der Waals surface area contributed by atoms with Crippen LogP contribution in [0.5, 0.6) is 0 Å². The maximum atomic E-state index is 11.9. The smallest absolute Gasteiger partial charge is 0.347 e. The number of halogens is 3. The molecule has 2 aromatic rings. The Bertz CT molecular complexity index is 428. The van der Waals surface area contributed by atoms with Crippen molar-refractivity contribution >= 4 is 17.0 Å². The van der Waals surface area contributed by atoms with Crippen LogP contribution < -0.4 is 5.32 Å². The molecule has 1 aromatic heterocycles. The molecule has 0 spiro atoms. The molecule has 3 nitrogen and oxygen atoms in total. The number of para-hydroxylation sites is 2. The highest BCUT2D eigenvalue weighted by atomic mass is 19.4. The molecule has 15 heavy (non-hydrogen) atoms. The largest absolute Gasteiger partial charge is 0.405 e. The maximum absolute atomic E-state index is 11.9. The van der Waals surface area contributed by atoms with Crippen LogP contribution >= 0.6 is 0 Å². The lowest BCUT2D eigenvalue weighted by Crippen LogP contribution is -2.21. The average molecular weight is 215 g/mol. The van der Waals surface area contributed by atoms with Crippen LogP contribution in [0.4, 0.5) is 19.1 Å². The zero-order chi connectivity index (χ0) is 10.9. The molecule has 0 fully saturated rings. The Morgan fingerprint density at radius 1 is 1.27 bits per heavy atom. The summed E-state index contributed by atoms with van der Waals surface area (Å²) in [6, 6.07) is 7.04. The fourth-order valence-electron chi connectivity index (χ4n) is 1.22. The van der Waals surface area contributed by atoms with E-state index in [1.54, 1.807) is 24.3 Å². The number of nitrogens with zero attached hydrogens (tertiary/aromatic N) is 1. The molecule has 80 valence electrons. The molecular weight excluding hydrogens is 207 g/mol. The van der Waals surface area contributed by atoms with Crippen LogP contribution in [0, 0.1) is 0 Å². The minimum Gasteiger partial charge on any atom is -0.347 e. The van der Waals surface area contributed by atoms with Crippen LogP contribution in [-0.4, -0.2) is 22.7 Å². The lowest BCUT2D eigenvalue weighted by atomic mass is 10.3. The molecule has 0 radical (unpaired) electrons. The van der Waals surface area contributed by atoms with Gasteiger partial charge in [0.1, 0.15) is 6.54 Å². The number of nitrogens with one attached hydrogen (secondary N) is 2. The molecule has 6 heteroatoms. The number of aromatic nitrogens is 2. The Morgan fingerprint density at radius 3 is 2.67 bits per heavy atom. The van der Waals surface area contributed by atoms with Crippen molar-refractivity contribution < 1.29 is 13.2 Å². The topological polar surface area (TPSA) is 40.7 Å². The van der Waals surface area contributed by atoms with Gasteiger partial charge in [0.05, 0.1) is 11.0 Å². The van der Waals surface area contributed by atoms with Gasteiger partial charge in [0, 0.05) is 0 Å². The molecule has 0 aliphatic carbocycles. The van der Waals surface area contributed by atoms with Crippen LogP contribution in [0.2, 0.25) is 0 Å². The van der Waals surface area contributed by atoms with Crippen molar-refractivity contribution in [2.45, 2.75) is 6.18 Å². The summed E-state index contributed by atoms with van der Waals surface area (Å²) < 4.78 is 35.7. The van der Waals surface area contributed by atoms with Crippen LogP contribution in [0.15, 0.2) is 24.3 Å². The number of imidazole rings is 1. The monoisotopic (exact) mass is 215 g/mol. The van der Waals surface area contributed by atoms with Crippen LogP contribution in [-0.2, 0) is 0 Å². The van der Waals surface area contributed by atoms with E-state index in [0.717, 1.165) is 0 Å². The summed E-state index contributed by atoms with van der Waals surface area (Å²) in [5.41, 5.74) is 1.35. The molecule has 2 N–H and O–H groups in total. The van der Waals surface area contributed by atoms with E-state index >= 15 is 0 Å². The highest BCUT2D eigenvalue weighted by molar-refractivity contribution is 5.77. The van der Waals surface area contributed by atoms with Crippen molar-refractivity contribution in [3.63, 3.8) is 0 Å². The second kappa shape index (κ2) is 3.45. The van der Waals surface area contributed by atoms with E-state index in [-0.39, 0.29) is 5.95 Å². The first-order chi connectivity index (χ1) is 7.04. The molecule has 0 saturated heterocycles. The number of H-pyrrole nitrogens is 1. The molecule has 2 rings (SSSR count). The van der Waals surface area contributed by atoms with Crippen molar-refractivity contribution in [3.8, 4) is 0 Å². The third-order valence-electron chi connectivity index (χ3n) is 1.85. The van der Waals surface area contributed by atoms with Crippen molar-refractivity contribution in [2.75, 3.05) is 11.9 Å². The average Bonchev–Trinajstić information content (AvgIpc) is 2.56. The third-order valence-corrected chi connectivity index (χ3v) is 1.85. The van der Waals surface area contributed by atoms with Crippen LogP contribution in [0.3, 0.4) is 0 Å². The number of anilines is 1. The van der Waals surface area contributed by atoms with E-state index in [1.165, 1.54) is 0 Å². The van der Waals surface area contributed by atoms with E-state index in [9.17, 15) is 13.2 Å². The van der Waals surface area contributed by atoms with E-state index in [2.05, 4.69) is 15.3 Å². The SMILES string of the molecule is FC(F)(F)CNc1nc2ccccc2[nH]1. The summed E-state index contributed by atoms with van der Waals surface area (Å²) in [5.74, 6) is 0.133. The predicted octanol–water partition coefficient (Wildman–Crippen LogP) is 2.54. The second-order valence-electron chi connectivity index (χ2n) is 3.07. The fourth-order valence-corrected chi connectivity index (χ4v) is 1.22. The summed E-state index contributed by atoms with van der Waals surface area (Å²) in [4.78, 5) is 6.70. The summed E-state index contributed by atoms with van der Waals surface area (Å²) in [6.07, 6.45) is -4.24. The zero-order valence-electron chi connectivity index (χ0n) is 7.60. The minimum absolute atomic E-state index is 0.133. The standard InChI is InChI=1S/C9H8F3N3/c10-9(11,12)5-13-8-14-6-3-1-2-4-7(6)15-8/h1-4H,5H2,(H2,13,14,15). The summed E-state index contributed by atoms with van der Waals surface area (Å²) in [6.45, 7) is -1.09. The first-order valence-corrected chi connectivity index (χ1v) is 4.30. The zero-order valence-corrected chi connectivity index (χ0v) is 7.60. The Balaban J connectivity index is 2.16. The van der Waals surface area contributed by atoms with Gasteiger partial charge in [-0.3, -0.25) is 0 Å². The number of hydrogen-bond donors (Lipinski definition) is 2. The molecule has 0 unspecified atom stereocenters. The highest BCUT2D eigenvalue weighted by Crippen LogP contribution is 2.17. The molecule has 1 heterocycles. The van der Waals surface area contributed by atoms with Gasteiger partial charge in [0.15, 0.2) is 0 Å². The third kappa shape index (κ3) is 2.39. The van der Waals surface area contributed by atoms with Gasteiger partial charge in [-0.15, -0.1) is 0 Å². The number of rotatable bonds is 2. The van der Waals surface area contributed by atoms with Gasteiger partial charge < -0.3 is 10.3 Å². The second-order valence-corrected chi connectivity index (χ2v) is 3.07. The molecule has 0 aliphatic heterocycles. The van der Waals surface area contributed by atoms with E-state index in [4.69, 9.17) is 0 Å². The van der Waals surface area contributed by atoms with Crippen molar-refractivity contribution in [2.24, 2.45) is 0 Å². The van der Waals surface area contributed by atoms with E-state index in [1.807, 2.05) is 0 Å². The molecule has 1 aromatic carbocycles. The highest BCUT2D eigenvalue weighted by Gasteiger charge is 2.27. The van der Waals surface area contributed by atoms with Crippen LogP contribution in [0.25, 0.3) is 11.0 Å². The lowest BCUT2D eigenvalue weighted by molar-refractivity contribution is -0.115. The molecule has 0 atom stereocenters. The fraction of sp³-hybridized carbons (Fsp3) is 0.222. The number of aromatic amines is 1. The van der Waals surface area contributed by atoms with Gasteiger partial charge in [-0.05, 0) is 12.1 Å². The molecule has 0 bridgehead atoms. The first kappa shape index (κ1) is 9.82. The quantitative estimate of drug-likeness (QED) is 0.808. The number of fused-ring (bicyclic) bond motifs is 1. The lowest BCUT2D eigenvalue weighted by Gasteiger charge is -2.05.